The van der Waals surface area contributed by atoms with E-state index in [1.165, 1.54) is 11.1 Å². The first kappa shape index (κ1) is 19.1. The maximum Gasteiger partial charge on any atom is 0.306 e. The van der Waals surface area contributed by atoms with Crippen LogP contribution in [0.5, 0.6) is 5.75 Å². The summed E-state index contributed by atoms with van der Waals surface area (Å²) in [6.07, 6.45) is 4.79. The van der Waals surface area contributed by atoms with Crippen molar-refractivity contribution in [1.82, 2.24) is 0 Å². The average molecular weight is 347 g/mol. The van der Waals surface area contributed by atoms with Gasteiger partial charge >= 0.3 is 5.97 Å². The molecule has 138 valence electrons. The molecule has 1 aromatic carbocycles. The quantitative estimate of drug-likeness (QED) is 0.342. The van der Waals surface area contributed by atoms with Crippen LogP contribution in [0.25, 0.3) is 0 Å². The largest absolute Gasteiger partial charge is 0.469 e. The molecule has 0 aliphatic heterocycles. The van der Waals surface area contributed by atoms with Crippen molar-refractivity contribution in [2.75, 3.05) is 6.61 Å². The lowest BCUT2D eigenvalue weighted by atomic mass is 9.94. The van der Waals surface area contributed by atoms with Gasteiger partial charge in [-0.25, -0.2) is 4.99 Å². The minimum absolute atomic E-state index is 0.0242. The van der Waals surface area contributed by atoms with E-state index in [-0.39, 0.29) is 18.2 Å². The normalized spacial score (nSPS) is 17.8. The number of aliphatic imine (C=N–C) groups is 1. The lowest BCUT2D eigenvalue weighted by Gasteiger charge is -2.17. The van der Waals surface area contributed by atoms with Gasteiger partial charge < -0.3 is 20.9 Å². The summed E-state index contributed by atoms with van der Waals surface area (Å²) >= 11 is 0. The van der Waals surface area contributed by atoms with Crippen molar-refractivity contribution < 1.29 is 14.3 Å². The predicted octanol–water partition coefficient (Wildman–Crippen LogP) is 2.52. The second-order valence-corrected chi connectivity index (χ2v) is 6.44. The average Bonchev–Trinajstić information content (AvgIpc) is 2.75. The van der Waals surface area contributed by atoms with E-state index in [1.54, 1.807) is 0 Å². The standard InChI is InChI=1S/C19H29N3O3/c1-3-17(22-19(20)21)25-16-9-8-14-7-5-6-13(10-15(14)12-16)11-18(23)24-4-2/h8-9,12-13,17H,3-7,10-11H2,1-2H3,(H4,20,21,22). The Morgan fingerprint density at radius 1 is 1.32 bits per heavy atom. The van der Waals surface area contributed by atoms with Crippen LogP contribution in [0.2, 0.25) is 0 Å². The molecule has 0 aromatic heterocycles. The number of carbonyl (C=O) groups excluding carboxylic acids is 1. The van der Waals surface area contributed by atoms with Crippen molar-refractivity contribution in [2.24, 2.45) is 22.4 Å². The number of fused-ring (bicyclic) bond motifs is 1. The van der Waals surface area contributed by atoms with Crippen molar-refractivity contribution in [1.29, 1.82) is 0 Å². The zero-order valence-corrected chi connectivity index (χ0v) is 15.2. The van der Waals surface area contributed by atoms with Gasteiger partial charge in [-0.05, 0) is 61.8 Å². The topological polar surface area (TPSA) is 99.9 Å². The van der Waals surface area contributed by atoms with Gasteiger partial charge in [-0.1, -0.05) is 13.0 Å². The van der Waals surface area contributed by atoms with Gasteiger partial charge in [-0.3, -0.25) is 4.79 Å². The fraction of sp³-hybridized carbons (Fsp3) is 0.579. The van der Waals surface area contributed by atoms with E-state index in [9.17, 15) is 4.79 Å². The fourth-order valence-electron chi connectivity index (χ4n) is 3.26. The summed E-state index contributed by atoms with van der Waals surface area (Å²) in [6, 6.07) is 6.14. The van der Waals surface area contributed by atoms with Crippen molar-refractivity contribution in [3.8, 4) is 5.75 Å². The molecule has 0 spiro atoms. The third-order valence-electron chi connectivity index (χ3n) is 4.42. The van der Waals surface area contributed by atoms with Crippen molar-refractivity contribution in [2.45, 2.75) is 58.6 Å². The fourth-order valence-corrected chi connectivity index (χ4v) is 3.26. The molecule has 0 amide bonds. The molecule has 2 atom stereocenters. The Bertz CT molecular complexity index is 612. The number of ether oxygens (including phenoxy) is 2. The maximum atomic E-state index is 11.8. The van der Waals surface area contributed by atoms with Crippen LogP contribution in [0.3, 0.4) is 0 Å². The Morgan fingerprint density at radius 3 is 2.80 bits per heavy atom. The van der Waals surface area contributed by atoms with Crippen LogP contribution in [-0.4, -0.2) is 24.8 Å². The summed E-state index contributed by atoms with van der Waals surface area (Å²) in [6.45, 7) is 4.24. The highest BCUT2D eigenvalue weighted by atomic mass is 16.5. The number of nitrogens with zero attached hydrogens (tertiary/aromatic N) is 1. The molecule has 0 heterocycles. The van der Waals surface area contributed by atoms with Crippen LogP contribution in [0.1, 0.15) is 50.7 Å². The number of rotatable bonds is 7. The molecule has 2 rings (SSSR count). The first-order valence-electron chi connectivity index (χ1n) is 9.04. The van der Waals surface area contributed by atoms with Gasteiger partial charge in [0.15, 0.2) is 12.2 Å². The third-order valence-corrected chi connectivity index (χ3v) is 4.42. The second-order valence-electron chi connectivity index (χ2n) is 6.44. The lowest BCUT2D eigenvalue weighted by Crippen LogP contribution is -2.27. The van der Waals surface area contributed by atoms with Crippen molar-refractivity contribution in [3.05, 3.63) is 29.3 Å². The minimum atomic E-state index is -0.385. The van der Waals surface area contributed by atoms with Crippen molar-refractivity contribution >= 4 is 11.9 Å². The van der Waals surface area contributed by atoms with Gasteiger partial charge in [0.25, 0.3) is 0 Å². The van der Waals surface area contributed by atoms with E-state index in [0.29, 0.717) is 25.4 Å². The third kappa shape index (κ3) is 5.96. The molecule has 25 heavy (non-hydrogen) atoms. The molecule has 1 aliphatic rings. The zero-order chi connectivity index (χ0) is 18.2. The van der Waals surface area contributed by atoms with E-state index in [1.807, 2.05) is 19.9 Å². The highest BCUT2D eigenvalue weighted by Crippen LogP contribution is 2.30. The maximum absolute atomic E-state index is 11.8. The van der Waals surface area contributed by atoms with E-state index >= 15 is 0 Å². The van der Waals surface area contributed by atoms with Crippen LogP contribution in [0.15, 0.2) is 23.2 Å². The molecule has 2 unspecified atom stereocenters. The van der Waals surface area contributed by atoms with Gasteiger partial charge in [0, 0.05) is 12.8 Å². The molecule has 0 saturated heterocycles. The number of aryl methyl sites for hydroxylation is 1. The molecule has 0 saturated carbocycles. The van der Waals surface area contributed by atoms with Gasteiger partial charge in [-0.15, -0.1) is 0 Å². The highest BCUT2D eigenvalue weighted by molar-refractivity contribution is 5.75. The van der Waals surface area contributed by atoms with E-state index in [0.717, 1.165) is 31.4 Å². The van der Waals surface area contributed by atoms with Crippen LogP contribution in [0, 0.1) is 5.92 Å². The number of nitrogens with two attached hydrogens (primary N) is 2. The summed E-state index contributed by atoms with van der Waals surface area (Å²) in [5.74, 6) is 0.987. The van der Waals surface area contributed by atoms with Crippen LogP contribution in [0.4, 0.5) is 0 Å². The summed E-state index contributed by atoms with van der Waals surface area (Å²) < 4.78 is 11.0. The highest BCUT2D eigenvalue weighted by Gasteiger charge is 2.21. The Labute approximate surface area is 149 Å². The number of guanidine groups is 1. The Balaban J connectivity index is 2.10. The van der Waals surface area contributed by atoms with Gasteiger partial charge in [0.05, 0.1) is 6.61 Å². The molecule has 0 bridgehead atoms. The molecule has 0 radical (unpaired) electrons. The van der Waals surface area contributed by atoms with E-state index in [2.05, 4.69) is 17.1 Å². The number of hydrogen-bond donors (Lipinski definition) is 2. The van der Waals surface area contributed by atoms with Gasteiger partial charge in [0.1, 0.15) is 5.75 Å². The Morgan fingerprint density at radius 2 is 2.12 bits per heavy atom. The van der Waals surface area contributed by atoms with Crippen LogP contribution in [-0.2, 0) is 22.4 Å². The molecule has 6 heteroatoms. The first-order valence-corrected chi connectivity index (χ1v) is 9.04. The predicted molar refractivity (Wildman–Crippen MR) is 98.3 cm³/mol. The summed E-state index contributed by atoms with van der Waals surface area (Å²) in [7, 11) is 0. The molecular weight excluding hydrogens is 318 g/mol. The SMILES string of the molecule is CCOC(=O)CC1CCCc2ccc(OC(CC)N=C(N)N)cc2C1. The summed E-state index contributed by atoms with van der Waals surface area (Å²) in [5, 5.41) is 0. The van der Waals surface area contributed by atoms with Gasteiger partial charge in [0.2, 0.25) is 0 Å². The molecule has 4 N–H and O–H groups in total. The van der Waals surface area contributed by atoms with E-state index in [4.69, 9.17) is 20.9 Å². The zero-order valence-electron chi connectivity index (χ0n) is 15.2. The Hall–Kier alpha value is -2.24. The minimum Gasteiger partial charge on any atom is -0.469 e. The van der Waals surface area contributed by atoms with Crippen LogP contribution < -0.4 is 16.2 Å². The van der Waals surface area contributed by atoms with Crippen LogP contribution >= 0.6 is 0 Å². The smallest absolute Gasteiger partial charge is 0.306 e. The number of benzene rings is 1. The molecule has 1 aromatic rings. The summed E-state index contributed by atoms with van der Waals surface area (Å²) in [5.41, 5.74) is 13.5. The number of esters is 1. The van der Waals surface area contributed by atoms with Crippen molar-refractivity contribution in [3.63, 3.8) is 0 Å². The lowest BCUT2D eigenvalue weighted by molar-refractivity contribution is -0.144. The summed E-state index contributed by atoms with van der Waals surface area (Å²) in [4.78, 5) is 15.9. The molecule has 0 fully saturated rings. The number of carbonyl (C=O) groups is 1. The van der Waals surface area contributed by atoms with Gasteiger partial charge in [-0.2, -0.15) is 0 Å². The first-order chi connectivity index (χ1) is 12.0. The molecular formula is C19H29N3O3. The van der Waals surface area contributed by atoms with E-state index < -0.39 is 0 Å². The Kier molecular flexibility index (Phi) is 7.10. The second kappa shape index (κ2) is 9.30. The number of hydrogen-bond acceptors (Lipinski definition) is 4. The molecule has 1 aliphatic carbocycles. The molecule has 6 nitrogen and oxygen atoms in total. The monoisotopic (exact) mass is 347 g/mol.